The minimum Gasteiger partial charge on any atom is -0.497 e. The summed E-state index contributed by atoms with van der Waals surface area (Å²) in [7, 11) is 1.49. The Morgan fingerprint density at radius 2 is 2.13 bits per heavy atom. The largest absolute Gasteiger partial charge is 0.497 e. The quantitative estimate of drug-likeness (QED) is 0.376. The second-order valence-corrected chi connectivity index (χ2v) is 7.80. The van der Waals surface area contributed by atoms with E-state index in [0.29, 0.717) is 37.6 Å². The lowest BCUT2D eigenvalue weighted by molar-refractivity contribution is 0.309. The number of rotatable bonds is 5. The number of nitrogens with one attached hydrogen (secondary N) is 1. The molecule has 0 atom stereocenters. The van der Waals surface area contributed by atoms with E-state index >= 15 is 0 Å². The number of ether oxygens (including phenoxy) is 1. The van der Waals surface area contributed by atoms with Crippen molar-refractivity contribution in [1.82, 2.24) is 19.5 Å². The molecule has 0 spiro atoms. The third-order valence-electron chi connectivity index (χ3n) is 4.43. The smallest absolute Gasteiger partial charge is 0.333 e. The zero-order chi connectivity index (χ0) is 21.4. The minimum absolute atomic E-state index is 0.255. The first-order valence-electron chi connectivity index (χ1n) is 8.68. The number of halogens is 1. The monoisotopic (exact) mass is 438 g/mol. The van der Waals surface area contributed by atoms with Gasteiger partial charge in [-0.15, -0.1) is 11.3 Å². The molecule has 4 heterocycles. The van der Waals surface area contributed by atoms with Gasteiger partial charge in [0.15, 0.2) is 0 Å². The van der Waals surface area contributed by atoms with Gasteiger partial charge in [-0.2, -0.15) is 0 Å². The number of thiophene rings is 1. The molecule has 4 aromatic heterocycles. The zero-order valence-electron chi connectivity index (χ0n) is 15.8. The van der Waals surface area contributed by atoms with E-state index in [-0.39, 0.29) is 5.03 Å². The van der Waals surface area contributed by atoms with Crippen LogP contribution >= 0.6 is 22.9 Å². The summed E-state index contributed by atoms with van der Waals surface area (Å²) in [6, 6.07) is 5.25. The molecule has 0 aliphatic rings. The average molecular weight is 439 g/mol. The molecular formula is C21H15ClN4O3S. The first-order valence-corrected chi connectivity index (χ1v) is 9.88. The van der Waals surface area contributed by atoms with Crippen LogP contribution in [0, 0.1) is 0 Å². The van der Waals surface area contributed by atoms with Gasteiger partial charge in [0.1, 0.15) is 10.5 Å². The maximum Gasteiger partial charge on any atom is 0.333 e. The van der Waals surface area contributed by atoms with Crippen LogP contribution < -0.4 is 11.2 Å². The fourth-order valence-electron chi connectivity index (χ4n) is 3.01. The number of aromatic amines is 1. The normalized spacial score (nSPS) is 11.7. The Hall–Kier alpha value is -3.49. The number of H-pyrrole nitrogens is 1. The number of fused-ring (bicyclic) bond motifs is 2. The number of hydrogen-bond donors (Lipinski definition) is 1. The van der Waals surface area contributed by atoms with E-state index in [9.17, 15) is 9.59 Å². The number of aromatic nitrogens is 4. The summed E-state index contributed by atoms with van der Waals surface area (Å²) in [5, 5.41) is 0.972. The maximum absolute atomic E-state index is 13.3. The molecule has 4 rings (SSSR count). The number of nitrogens with zero attached hydrogens (tertiary/aromatic N) is 3. The van der Waals surface area contributed by atoms with E-state index < -0.39 is 11.2 Å². The van der Waals surface area contributed by atoms with Crippen molar-refractivity contribution in [2.75, 3.05) is 7.11 Å². The first-order chi connectivity index (χ1) is 14.4. The van der Waals surface area contributed by atoms with Crippen LogP contribution in [0.5, 0.6) is 0 Å². The second kappa shape index (κ2) is 7.74. The number of methoxy groups -OCH3 is 1. The second-order valence-electron chi connectivity index (χ2n) is 6.29. The molecule has 4 aromatic rings. The van der Waals surface area contributed by atoms with Gasteiger partial charge in [0.25, 0.3) is 5.56 Å². The lowest BCUT2D eigenvalue weighted by atomic mass is 10.2. The highest BCUT2D eigenvalue weighted by Gasteiger charge is 2.17. The third-order valence-corrected chi connectivity index (χ3v) is 5.79. The van der Waals surface area contributed by atoms with Gasteiger partial charge in [-0.1, -0.05) is 24.8 Å². The molecule has 30 heavy (non-hydrogen) atoms. The fraction of sp³-hybridized carbons (Fsp3) is 0.0476. The molecule has 0 unspecified atom stereocenters. The molecule has 0 radical (unpaired) electrons. The Bertz CT molecular complexity index is 1470. The minimum atomic E-state index is -0.590. The van der Waals surface area contributed by atoms with Crippen molar-refractivity contribution >= 4 is 49.6 Å². The molecule has 1 N–H and O–H groups in total. The van der Waals surface area contributed by atoms with E-state index in [1.807, 2.05) is 6.07 Å². The standard InChI is InChI=1S/C21H15ClN4O3S/c1-11(29-3)7-14(12(2)22)17-8-15-19(30-17)20(27)26(21(28)25-15)16-10-23-9-13-5-4-6-24-18(13)16/h4-10H,1-2H2,3H3,(H,25,28)/b14-7+. The van der Waals surface area contributed by atoms with Crippen LogP contribution in [0.25, 0.3) is 32.4 Å². The Morgan fingerprint density at radius 3 is 2.87 bits per heavy atom. The molecule has 0 fully saturated rings. The van der Waals surface area contributed by atoms with E-state index in [4.69, 9.17) is 16.3 Å². The van der Waals surface area contributed by atoms with Crippen molar-refractivity contribution in [3.05, 3.63) is 92.5 Å². The number of pyridine rings is 2. The molecule has 0 amide bonds. The van der Waals surface area contributed by atoms with Gasteiger partial charge in [0.2, 0.25) is 0 Å². The van der Waals surface area contributed by atoms with Crippen molar-refractivity contribution in [2.24, 2.45) is 0 Å². The van der Waals surface area contributed by atoms with Crippen LogP contribution in [-0.4, -0.2) is 26.6 Å². The van der Waals surface area contributed by atoms with Crippen LogP contribution in [0.2, 0.25) is 0 Å². The summed E-state index contributed by atoms with van der Waals surface area (Å²) in [6.45, 7) is 7.52. The highest BCUT2D eigenvalue weighted by Crippen LogP contribution is 2.33. The van der Waals surface area contributed by atoms with E-state index in [1.54, 1.807) is 30.6 Å². The molecule has 0 aromatic carbocycles. The van der Waals surface area contributed by atoms with Crippen LogP contribution in [-0.2, 0) is 4.74 Å². The lowest BCUT2D eigenvalue weighted by Crippen LogP contribution is -2.33. The Balaban J connectivity index is 1.98. The van der Waals surface area contributed by atoms with Crippen molar-refractivity contribution < 1.29 is 4.74 Å². The summed E-state index contributed by atoms with van der Waals surface area (Å²) in [4.78, 5) is 37.9. The van der Waals surface area contributed by atoms with Gasteiger partial charge in [0, 0.05) is 33.3 Å². The van der Waals surface area contributed by atoms with Gasteiger partial charge in [-0.25, -0.2) is 9.36 Å². The molecule has 0 bridgehead atoms. The molecule has 0 aliphatic heterocycles. The SMILES string of the molecule is C=C(/C=C(\C(=C)Cl)c1cc2[nH]c(=O)n(-c3cncc4cccnc34)c(=O)c2s1)OC. The summed E-state index contributed by atoms with van der Waals surface area (Å²) in [5.41, 5.74) is 0.687. The molecule has 150 valence electrons. The van der Waals surface area contributed by atoms with Gasteiger partial charge in [0.05, 0.1) is 30.0 Å². The van der Waals surface area contributed by atoms with Crippen LogP contribution in [0.15, 0.2) is 76.4 Å². The van der Waals surface area contributed by atoms with Crippen molar-refractivity contribution in [3.63, 3.8) is 0 Å². The Morgan fingerprint density at radius 1 is 1.33 bits per heavy atom. The number of allylic oxidation sites excluding steroid dienone is 3. The highest BCUT2D eigenvalue weighted by atomic mass is 35.5. The van der Waals surface area contributed by atoms with Crippen molar-refractivity contribution in [3.8, 4) is 5.69 Å². The summed E-state index contributed by atoms with van der Waals surface area (Å²) >= 11 is 7.33. The van der Waals surface area contributed by atoms with Gasteiger partial charge in [-0.3, -0.25) is 14.8 Å². The highest BCUT2D eigenvalue weighted by molar-refractivity contribution is 7.20. The Kier molecular flexibility index (Phi) is 5.11. The summed E-state index contributed by atoms with van der Waals surface area (Å²) in [6.07, 6.45) is 6.29. The predicted molar refractivity (Wildman–Crippen MR) is 120 cm³/mol. The van der Waals surface area contributed by atoms with E-state index in [1.165, 1.54) is 24.6 Å². The predicted octanol–water partition coefficient (Wildman–Crippen LogP) is 3.98. The van der Waals surface area contributed by atoms with Crippen LogP contribution in [0.3, 0.4) is 0 Å². The van der Waals surface area contributed by atoms with Crippen molar-refractivity contribution in [1.29, 1.82) is 0 Å². The molecular weight excluding hydrogens is 424 g/mol. The summed E-state index contributed by atoms with van der Waals surface area (Å²) in [5.74, 6) is 0.378. The molecule has 0 saturated carbocycles. The van der Waals surface area contributed by atoms with E-state index in [2.05, 4.69) is 28.1 Å². The maximum atomic E-state index is 13.3. The first kappa shape index (κ1) is 19.8. The topological polar surface area (TPSA) is 89.9 Å². The third kappa shape index (κ3) is 3.36. The van der Waals surface area contributed by atoms with Gasteiger partial charge < -0.3 is 9.72 Å². The summed E-state index contributed by atoms with van der Waals surface area (Å²) < 4.78 is 6.47. The molecule has 7 nitrogen and oxygen atoms in total. The van der Waals surface area contributed by atoms with Gasteiger partial charge >= 0.3 is 5.69 Å². The Labute approximate surface area is 179 Å². The van der Waals surface area contributed by atoms with E-state index in [0.717, 1.165) is 9.95 Å². The molecule has 9 heteroatoms. The molecule has 0 saturated heterocycles. The van der Waals surface area contributed by atoms with Gasteiger partial charge in [-0.05, 0) is 24.3 Å². The molecule has 0 aliphatic carbocycles. The zero-order valence-corrected chi connectivity index (χ0v) is 17.4. The lowest BCUT2D eigenvalue weighted by Gasteiger charge is -2.06. The van der Waals surface area contributed by atoms with Crippen LogP contribution in [0.4, 0.5) is 0 Å². The fourth-order valence-corrected chi connectivity index (χ4v) is 4.31. The average Bonchev–Trinajstić information content (AvgIpc) is 3.15. The number of hydrogen-bond acceptors (Lipinski definition) is 6. The van der Waals surface area contributed by atoms with Crippen LogP contribution in [0.1, 0.15) is 4.88 Å². The van der Waals surface area contributed by atoms with Crippen molar-refractivity contribution in [2.45, 2.75) is 0 Å².